The molecule has 1 aromatic heterocycles. The number of nitrogens with zero attached hydrogens (tertiary/aromatic N) is 1. The molecule has 1 unspecified atom stereocenters. The SMILES string of the molecule is O=C(NC1CCCc2ccc(-c3cccc(C(F)(F)F)c3)nc21)c1ccc(F)c(Cl)c1. The molecule has 160 valence electrons. The van der Waals surface area contributed by atoms with Gasteiger partial charge in [0.25, 0.3) is 5.91 Å². The van der Waals surface area contributed by atoms with Gasteiger partial charge in [0.2, 0.25) is 0 Å². The summed E-state index contributed by atoms with van der Waals surface area (Å²) in [5, 5.41) is 2.74. The summed E-state index contributed by atoms with van der Waals surface area (Å²) in [6, 6.07) is 11.8. The van der Waals surface area contributed by atoms with Crippen molar-refractivity contribution in [2.75, 3.05) is 0 Å². The highest BCUT2D eigenvalue weighted by molar-refractivity contribution is 6.31. The summed E-state index contributed by atoms with van der Waals surface area (Å²) in [6.45, 7) is 0. The van der Waals surface area contributed by atoms with Gasteiger partial charge in [0.05, 0.1) is 28.0 Å². The quantitative estimate of drug-likeness (QED) is 0.473. The average Bonchev–Trinajstić information content (AvgIpc) is 2.75. The first-order valence-corrected chi connectivity index (χ1v) is 10.0. The first kappa shape index (κ1) is 21.3. The average molecular weight is 449 g/mol. The molecule has 4 rings (SSSR count). The van der Waals surface area contributed by atoms with Gasteiger partial charge in [0.15, 0.2) is 0 Å². The Kier molecular flexibility index (Phi) is 5.71. The first-order valence-electron chi connectivity index (χ1n) is 9.66. The molecule has 0 saturated heterocycles. The molecule has 0 bridgehead atoms. The zero-order valence-corrected chi connectivity index (χ0v) is 16.9. The fourth-order valence-corrected chi connectivity index (χ4v) is 3.87. The number of fused-ring (bicyclic) bond motifs is 1. The lowest BCUT2D eigenvalue weighted by molar-refractivity contribution is -0.137. The van der Waals surface area contributed by atoms with Crippen molar-refractivity contribution in [2.24, 2.45) is 0 Å². The highest BCUT2D eigenvalue weighted by atomic mass is 35.5. The number of alkyl halides is 3. The number of nitrogens with one attached hydrogen (secondary N) is 1. The third-order valence-electron chi connectivity index (χ3n) is 5.25. The van der Waals surface area contributed by atoms with E-state index in [0.717, 1.165) is 36.6 Å². The number of hydrogen-bond acceptors (Lipinski definition) is 2. The third kappa shape index (κ3) is 4.56. The Morgan fingerprint density at radius 1 is 1.10 bits per heavy atom. The number of pyridine rings is 1. The standard InChI is InChI=1S/C23H17ClF4N2O/c24-17-12-15(7-9-18(17)25)22(31)30-20-6-2-3-13-8-10-19(29-21(13)20)14-4-1-5-16(11-14)23(26,27)28/h1,4-5,7-12,20H,2-3,6H2,(H,30,31). The predicted molar refractivity (Wildman–Crippen MR) is 109 cm³/mol. The number of carbonyl (C=O) groups excluding carboxylic acids is 1. The second-order valence-corrected chi connectivity index (χ2v) is 7.77. The van der Waals surface area contributed by atoms with E-state index in [1.807, 2.05) is 6.07 Å². The third-order valence-corrected chi connectivity index (χ3v) is 5.54. The molecule has 1 aliphatic carbocycles. The Bertz CT molecular complexity index is 1150. The van der Waals surface area contributed by atoms with Crippen LogP contribution in [0.5, 0.6) is 0 Å². The van der Waals surface area contributed by atoms with Crippen LogP contribution in [0.25, 0.3) is 11.3 Å². The van der Waals surface area contributed by atoms with Crippen LogP contribution in [0.2, 0.25) is 5.02 Å². The van der Waals surface area contributed by atoms with E-state index in [2.05, 4.69) is 10.3 Å². The maximum Gasteiger partial charge on any atom is 0.416 e. The van der Waals surface area contributed by atoms with Gasteiger partial charge in [-0.15, -0.1) is 0 Å². The lowest BCUT2D eigenvalue weighted by Crippen LogP contribution is -2.31. The summed E-state index contributed by atoms with van der Waals surface area (Å²) < 4.78 is 52.6. The molecule has 0 aliphatic heterocycles. The Balaban J connectivity index is 1.64. The summed E-state index contributed by atoms with van der Waals surface area (Å²) in [5.74, 6) is -1.04. The number of amides is 1. The van der Waals surface area contributed by atoms with E-state index >= 15 is 0 Å². The van der Waals surface area contributed by atoms with Crippen LogP contribution in [-0.4, -0.2) is 10.9 Å². The molecular weight excluding hydrogens is 432 g/mol. The summed E-state index contributed by atoms with van der Waals surface area (Å²) >= 11 is 5.77. The molecule has 1 amide bonds. The molecule has 1 N–H and O–H groups in total. The van der Waals surface area contributed by atoms with Crippen LogP contribution in [0.3, 0.4) is 0 Å². The smallest absolute Gasteiger partial charge is 0.344 e. The Morgan fingerprint density at radius 2 is 1.90 bits per heavy atom. The number of halogens is 5. The first-order chi connectivity index (χ1) is 14.7. The number of benzene rings is 2. The van der Waals surface area contributed by atoms with Crippen LogP contribution in [0.1, 0.15) is 46.1 Å². The molecule has 0 radical (unpaired) electrons. The van der Waals surface area contributed by atoms with Gasteiger partial charge < -0.3 is 5.32 Å². The lowest BCUT2D eigenvalue weighted by Gasteiger charge is -2.26. The molecule has 31 heavy (non-hydrogen) atoms. The van der Waals surface area contributed by atoms with Crippen molar-refractivity contribution in [3.05, 3.63) is 87.8 Å². The highest BCUT2D eigenvalue weighted by Gasteiger charge is 2.31. The summed E-state index contributed by atoms with van der Waals surface area (Å²) in [5.41, 5.74) is 1.77. The van der Waals surface area contributed by atoms with Crippen molar-refractivity contribution in [2.45, 2.75) is 31.5 Å². The van der Waals surface area contributed by atoms with Crippen molar-refractivity contribution in [3.63, 3.8) is 0 Å². The van der Waals surface area contributed by atoms with E-state index in [1.54, 1.807) is 12.1 Å². The van der Waals surface area contributed by atoms with Crippen LogP contribution in [0.4, 0.5) is 17.6 Å². The van der Waals surface area contributed by atoms with Gasteiger partial charge in [0.1, 0.15) is 5.82 Å². The van der Waals surface area contributed by atoms with Gasteiger partial charge >= 0.3 is 6.18 Å². The molecule has 1 atom stereocenters. The molecule has 0 fully saturated rings. The zero-order valence-electron chi connectivity index (χ0n) is 16.1. The molecule has 3 aromatic rings. The maximum absolute atomic E-state index is 13.4. The van der Waals surface area contributed by atoms with Crippen molar-refractivity contribution in [1.82, 2.24) is 10.3 Å². The van der Waals surface area contributed by atoms with E-state index in [1.165, 1.54) is 18.2 Å². The van der Waals surface area contributed by atoms with Crippen LogP contribution in [0, 0.1) is 5.82 Å². The van der Waals surface area contributed by atoms with Crippen molar-refractivity contribution in [3.8, 4) is 11.3 Å². The van der Waals surface area contributed by atoms with Crippen molar-refractivity contribution < 1.29 is 22.4 Å². The minimum absolute atomic E-state index is 0.151. The van der Waals surface area contributed by atoms with E-state index in [0.29, 0.717) is 23.4 Å². The summed E-state index contributed by atoms with van der Waals surface area (Å²) in [4.78, 5) is 17.2. The Labute approximate surface area is 181 Å². The molecule has 3 nitrogen and oxygen atoms in total. The second-order valence-electron chi connectivity index (χ2n) is 7.37. The minimum Gasteiger partial charge on any atom is -0.344 e. The van der Waals surface area contributed by atoms with Gasteiger partial charge in [-0.1, -0.05) is 29.8 Å². The molecule has 1 aliphatic rings. The van der Waals surface area contributed by atoms with E-state index < -0.39 is 29.5 Å². The van der Waals surface area contributed by atoms with Gasteiger partial charge in [-0.3, -0.25) is 9.78 Å². The van der Waals surface area contributed by atoms with Gasteiger partial charge in [-0.25, -0.2) is 4.39 Å². The summed E-state index contributed by atoms with van der Waals surface area (Å²) in [7, 11) is 0. The van der Waals surface area contributed by atoms with E-state index in [9.17, 15) is 22.4 Å². The topological polar surface area (TPSA) is 42.0 Å². The van der Waals surface area contributed by atoms with Crippen molar-refractivity contribution in [1.29, 1.82) is 0 Å². The van der Waals surface area contributed by atoms with Crippen LogP contribution in [0.15, 0.2) is 54.6 Å². The fraction of sp³-hybridized carbons (Fsp3) is 0.217. The van der Waals surface area contributed by atoms with Gasteiger partial charge in [-0.05, 0) is 61.2 Å². The Morgan fingerprint density at radius 3 is 2.65 bits per heavy atom. The van der Waals surface area contributed by atoms with Gasteiger partial charge in [0, 0.05) is 11.1 Å². The van der Waals surface area contributed by atoms with E-state index in [-0.39, 0.29) is 10.6 Å². The molecule has 0 spiro atoms. The largest absolute Gasteiger partial charge is 0.416 e. The normalized spacial score (nSPS) is 16.0. The molecular formula is C23H17ClF4N2O. The molecule has 0 saturated carbocycles. The molecule has 1 heterocycles. The number of carbonyl (C=O) groups is 1. The molecule has 2 aromatic carbocycles. The number of aryl methyl sites for hydroxylation is 1. The van der Waals surface area contributed by atoms with Crippen LogP contribution in [-0.2, 0) is 12.6 Å². The van der Waals surface area contributed by atoms with Gasteiger partial charge in [-0.2, -0.15) is 13.2 Å². The monoisotopic (exact) mass is 448 g/mol. The second kappa shape index (κ2) is 8.30. The van der Waals surface area contributed by atoms with Crippen LogP contribution >= 0.6 is 11.6 Å². The minimum atomic E-state index is -4.45. The molecule has 8 heteroatoms. The highest BCUT2D eigenvalue weighted by Crippen LogP contribution is 2.34. The zero-order chi connectivity index (χ0) is 22.2. The van der Waals surface area contributed by atoms with Crippen molar-refractivity contribution >= 4 is 17.5 Å². The summed E-state index contributed by atoms with van der Waals surface area (Å²) in [6.07, 6.45) is -2.23. The predicted octanol–water partition coefficient (Wildman–Crippen LogP) is 6.37. The van der Waals surface area contributed by atoms with E-state index in [4.69, 9.17) is 11.6 Å². The lowest BCUT2D eigenvalue weighted by atomic mass is 9.90. The number of aromatic nitrogens is 1. The van der Waals surface area contributed by atoms with Crippen LogP contribution < -0.4 is 5.32 Å². The Hall–Kier alpha value is -2.93. The fourth-order valence-electron chi connectivity index (χ4n) is 3.69. The maximum atomic E-state index is 13.4. The number of rotatable bonds is 3. The number of hydrogen-bond donors (Lipinski definition) is 1.